The summed E-state index contributed by atoms with van der Waals surface area (Å²) >= 11 is 0. The summed E-state index contributed by atoms with van der Waals surface area (Å²) in [5.41, 5.74) is 7.91. The number of fused-ring (bicyclic) bond motifs is 1. The molecule has 0 saturated heterocycles. The molecule has 0 amide bonds. The van der Waals surface area contributed by atoms with Crippen molar-refractivity contribution in [3.05, 3.63) is 48.3 Å². The van der Waals surface area contributed by atoms with Crippen LogP contribution in [0.1, 0.15) is 31.2 Å². The van der Waals surface area contributed by atoms with Gasteiger partial charge in [0.25, 0.3) is 0 Å². The first-order valence-corrected chi connectivity index (χ1v) is 9.05. The summed E-state index contributed by atoms with van der Waals surface area (Å²) in [6, 6.07) is 10.2. The van der Waals surface area contributed by atoms with E-state index in [4.69, 9.17) is 10.5 Å². The van der Waals surface area contributed by atoms with Crippen LogP contribution < -0.4 is 15.8 Å². The summed E-state index contributed by atoms with van der Waals surface area (Å²) in [5, 5.41) is 4.11. The SMILES string of the molecule is Cc1ccc(Nc2ncc3cccc(OC4CCC(N)CC4)c3n2)nc1. The first kappa shape index (κ1) is 16.7. The van der Waals surface area contributed by atoms with E-state index in [1.807, 2.05) is 49.6 Å². The third-order valence-corrected chi connectivity index (χ3v) is 4.74. The minimum Gasteiger partial charge on any atom is -0.488 e. The monoisotopic (exact) mass is 349 g/mol. The molecule has 26 heavy (non-hydrogen) atoms. The molecule has 3 aromatic rings. The first-order valence-electron chi connectivity index (χ1n) is 9.05. The Morgan fingerprint density at radius 2 is 1.88 bits per heavy atom. The van der Waals surface area contributed by atoms with E-state index in [0.29, 0.717) is 12.0 Å². The Bertz CT molecular complexity index is 888. The van der Waals surface area contributed by atoms with Gasteiger partial charge < -0.3 is 15.8 Å². The molecule has 6 nitrogen and oxygen atoms in total. The van der Waals surface area contributed by atoms with Crippen LogP contribution in [0.3, 0.4) is 0 Å². The van der Waals surface area contributed by atoms with Gasteiger partial charge in [0.15, 0.2) is 0 Å². The highest BCUT2D eigenvalue weighted by molar-refractivity contribution is 5.84. The third kappa shape index (κ3) is 3.75. The van der Waals surface area contributed by atoms with Gasteiger partial charge in [-0.25, -0.2) is 15.0 Å². The maximum absolute atomic E-state index is 6.25. The number of anilines is 2. The van der Waals surface area contributed by atoms with E-state index in [9.17, 15) is 0 Å². The molecular formula is C20H23N5O. The van der Waals surface area contributed by atoms with Gasteiger partial charge in [0.05, 0.1) is 6.10 Å². The zero-order valence-electron chi connectivity index (χ0n) is 14.9. The molecule has 1 aromatic carbocycles. The fourth-order valence-electron chi connectivity index (χ4n) is 3.23. The maximum atomic E-state index is 6.25. The van der Waals surface area contributed by atoms with E-state index < -0.39 is 0 Å². The van der Waals surface area contributed by atoms with Crippen molar-refractivity contribution in [1.82, 2.24) is 15.0 Å². The fourth-order valence-corrected chi connectivity index (χ4v) is 3.23. The lowest BCUT2D eigenvalue weighted by molar-refractivity contribution is 0.149. The molecule has 0 radical (unpaired) electrons. The largest absolute Gasteiger partial charge is 0.488 e. The molecule has 1 saturated carbocycles. The van der Waals surface area contributed by atoms with Crippen LogP contribution in [0.5, 0.6) is 5.75 Å². The van der Waals surface area contributed by atoms with Crippen molar-refractivity contribution < 1.29 is 4.74 Å². The minimum atomic E-state index is 0.200. The molecule has 3 N–H and O–H groups in total. The minimum absolute atomic E-state index is 0.200. The van der Waals surface area contributed by atoms with Gasteiger partial charge in [-0.1, -0.05) is 18.2 Å². The molecular weight excluding hydrogens is 326 g/mol. The quantitative estimate of drug-likeness (QED) is 0.746. The molecule has 0 unspecified atom stereocenters. The van der Waals surface area contributed by atoms with Gasteiger partial charge >= 0.3 is 0 Å². The van der Waals surface area contributed by atoms with Crippen molar-refractivity contribution in [3.8, 4) is 5.75 Å². The summed E-state index contributed by atoms with van der Waals surface area (Å²) in [7, 11) is 0. The number of nitrogens with zero attached hydrogens (tertiary/aromatic N) is 3. The molecule has 0 bridgehead atoms. The average molecular weight is 349 g/mol. The van der Waals surface area contributed by atoms with Gasteiger partial charge in [0, 0.05) is 23.8 Å². The van der Waals surface area contributed by atoms with Crippen molar-refractivity contribution in [3.63, 3.8) is 0 Å². The Kier molecular flexibility index (Phi) is 4.67. The first-order chi connectivity index (χ1) is 12.7. The molecule has 0 spiro atoms. The van der Waals surface area contributed by atoms with Crippen LogP contribution in [0.25, 0.3) is 10.9 Å². The summed E-state index contributed by atoms with van der Waals surface area (Å²) in [4.78, 5) is 13.4. The van der Waals surface area contributed by atoms with E-state index in [0.717, 1.165) is 53.7 Å². The Labute approximate surface area is 152 Å². The number of nitrogens with one attached hydrogen (secondary N) is 1. The molecule has 2 heterocycles. The van der Waals surface area contributed by atoms with Crippen molar-refractivity contribution in [2.24, 2.45) is 5.73 Å². The predicted molar refractivity (Wildman–Crippen MR) is 103 cm³/mol. The molecule has 2 aromatic heterocycles. The number of ether oxygens (including phenoxy) is 1. The standard InChI is InChI=1S/C20H23N5O/c1-13-5-10-18(22-11-13)24-20-23-12-14-3-2-4-17(19(14)25-20)26-16-8-6-15(21)7-9-16/h2-5,10-12,15-16H,6-9,21H2,1H3,(H,22,23,24,25). The Morgan fingerprint density at radius 3 is 2.65 bits per heavy atom. The van der Waals surface area contributed by atoms with E-state index in [-0.39, 0.29) is 6.10 Å². The van der Waals surface area contributed by atoms with Crippen LogP contribution in [0.4, 0.5) is 11.8 Å². The number of benzene rings is 1. The van der Waals surface area contributed by atoms with Crippen LogP contribution in [0.2, 0.25) is 0 Å². The third-order valence-electron chi connectivity index (χ3n) is 4.74. The second-order valence-corrected chi connectivity index (χ2v) is 6.89. The normalized spacial score (nSPS) is 20.1. The van der Waals surface area contributed by atoms with Crippen LogP contribution in [-0.4, -0.2) is 27.1 Å². The Balaban J connectivity index is 1.58. The number of para-hydroxylation sites is 1. The molecule has 1 aliphatic carbocycles. The fraction of sp³-hybridized carbons (Fsp3) is 0.350. The number of hydrogen-bond donors (Lipinski definition) is 2. The van der Waals surface area contributed by atoms with E-state index in [1.54, 1.807) is 0 Å². The van der Waals surface area contributed by atoms with E-state index in [2.05, 4.69) is 20.3 Å². The second-order valence-electron chi connectivity index (χ2n) is 6.89. The van der Waals surface area contributed by atoms with Crippen LogP contribution in [0, 0.1) is 6.92 Å². The highest BCUT2D eigenvalue weighted by atomic mass is 16.5. The molecule has 1 aliphatic rings. The lowest BCUT2D eigenvalue weighted by atomic mass is 9.94. The Morgan fingerprint density at radius 1 is 1.04 bits per heavy atom. The smallest absolute Gasteiger partial charge is 0.229 e. The lowest BCUT2D eigenvalue weighted by Gasteiger charge is -2.27. The summed E-state index contributed by atoms with van der Waals surface area (Å²) < 4.78 is 6.25. The molecule has 6 heteroatoms. The summed E-state index contributed by atoms with van der Waals surface area (Å²) in [6.45, 7) is 2.01. The number of nitrogens with two attached hydrogens (primary N) is 1. The number of rotatable bonds is 4. The predicted octanol–water partition coefficient (Wildman–Crippen LogP) is 3.73. The molecule has 4 rings (SSSR count). The van der Waals surface area contributed by atoms with Crippen molar-refractivity contribution >= 4 is 22.7 Å². The van der Waals surface area contributed by atoms with Crippen molar-refractivity contribution in [1.29, 1.82) is 0 Å². The van der Waals surface area contributed by atoms with Crippen molar-refractivity contribution in [2.45, 2.75) is 44.8 Å². The van der Waals surface area contributed by atoms with Crippen molar-refractivity contribution in [2.75, 3.05) is 5.32 Å². The van der Waals surface area contributed by atoms with Gasteiger partial charge in [0.1, 0.15) is 17.1 Å². The van der Waals surface area contributed by atoms with Gasteiger partial charge in [-0.2, -0.15) is 0 Å². The van der Waals surface area contributed by atoms with Crippen LogP contribution in [-0.2, 0) is 0 Å². The van der Waals surface area contributed by atoms with Gasteiger partial charge in [-0.3, -0.25) is 0 Å². The van der Waals surface area contributed by atoms with Gasteiger partial charge in [-0.15, -0.1) is 0 Å². The highest BCUT2D eigenvalue weighted by Crippen LogP contribution is 2.29. The number of aryl methyl sites for hydroxylation is 1. The topological polar surface area (TPSA) is 86.0 Å². The van der Waals surface area contributed by atoms with Crippen LogP contribution >= 0.6 is 0 Å². The van der Waals surface area contributed by atoms with E-state index in [1.165, 1.54) is 0 Å². The summed E-state index contributed by atoms with van der Waals surface area (Å²) in [5.74, 6) is 2.02. The zero-order chi connectivity index (χ0) is 17.9. The van der Waals surface area contributed by atoms with Gasteiger partial charge in [-0.05, 0) is 50.3 Å². The average Bonchev–Trinajstić information content (AvgIpc) is 2.66. The second kappa shape index (κ2) is 7.25. The molecule has 0 atom stereocenters. The number of pyridine rings is 1. The maximum Gasteiger partial charge on any atom is 0.229 e. The van der Waals surface area contributed by atoms with E-state index >= 15 is 0 Å². The number of aromatic nitrogens is 3. The summed E-state index contributed by atoms with van der Waals surface area (Å²) in [6.07, 6.45) is 7.81. The molecule has 1 fully saturated rings. The lowest BCUT2D eigenvalue weighted by Crippen LogP contribution is -2.31. The molecule has 0 aliphatic heterocycles. The number of hydrogen-bond acceptors (Lipinski definition) is 6. The van der Waals surface area contributed by atoms with Gasteiger partial charge in [0.2, 0.25) is 5.95 Å². The van der Waals surface area contributed by atoms with Crippen LogP contribution in [0.15, 0.2) is 42.7 Å². The Hall–Kier alpha value is -2.73. The molecule has 134 valence electrons. The zero-order valence-corrected chi connectivity index (χ0v) is 14.9. The highest BCUT2D eigenvalue weighted by Gasteiger charge is 2.20.